The quantitative estimate of drug-likeness (QED) is 0.841. The molecule has 1 aliphatic rings. The Hall–Kier alpha value is -1.32. The molecule has 17 heavy (non-hydrogen) atoms. The third-order valence-electron chi connectivity index (χ3n) is 3.25. The fourth-order valence-electron chi connectivity index (χ4n) is 2.34. The Morgan fingerprint density at radius 3 is 2.82 bits per heavy atom. The molecule has 1 aromatic heterocycles. The molecule has 0 amide bonds. The van der Waals surface area contributed by atoms with Gasteiger partial charge in [-0.15, -0.1) is 0 Å². The van der Waals surface area contributed by atoms with Crippen LogP contribution in [0.4, 0.5) is 0 Å². The van der Waals surface area contributed by atoms with E-state index in [1.165, 1.54) is 5.69 Å². The zero-order valence-corrected chi connectivity index (χ0v) is 10.2. The molecule has 4 heteroatoms. The normalized spacial score (nSPS) is 19.1. The molecule has 3 rings (SSSR count). The van der Waals surface area contributed by atoms with Crippen molar-refractivity contribution in [2.45, 2.75) is 25.4 Å². The van der Waals surface area contributed by atoms with Crippen molar-refractivity contribution < 1.29 is 0 Å². The maximum atomic E-state index is 5.95. The molecule has 0 saturated carbocycles. The molecule has 0 spiro atoms. The lowest BCUT2D eigenvalue weighted by atomic mass is 10.0. The summed E-state index contributed by atoms with van der Waals surface area (Å²) in [5, 5.41) is 0.754. The van der Waals surface area contributed by atoms with Crippen molar-refractivity contribution in [3.05, 3.63) is 41.3 Å². The zero-order chi connectivity index (χ0) is 11.8. The van der Waals surface area contributed by atoms with Crippen molar-refractivity contribution in [3.63, 3.8) is 0 Å². The van der Waals surface area contributed by atoms with Crippen LogP contribution in [0.2, 0.25) is 5.02 Å². The molecule has 1 aliphatic heterocycles. The summed E-state index contributed by atoms with van der Waals surface area (Å²) >= 11 is 5.89. The maximum absolute atomic E-state index is 5.95. The van der Waals surface area contributed by atoms with Gasteiger partial charge in [0.15, 0.2) is 0 Å². The van der Waals surface area contributed by atoms with Gasteiger partial charge in [-0.2, -0.15) is 0 Å². The molecule has 2 aromatic rings. The molecule has 0 bridgehead atoms. The van der Waals surface area contributed by atoms with E-state index in [4.69, 9.17) is 17.3 Å². The largest absolute Gasteiger partial charge is 0.332 e. The topological polar surface area (TPSA) is 43.8 Å². The van der Waals surface area contributed by atoms with Gasteiger partial charge in [0.1, 0.15) is 0 Å². The number of rotatable bonds is 1. The van der Waals surface area contributed by atoms with Gasteiger partial charge in [0.25, 0.3) is 0 Å². The highest BCUT2D eigenvalue weighted by Crippen LogP contribution is 2.27. The van der Waals surface area contributed by atoms with Crippen molar-refractivity contribution in [2.24, 2.45) is 5.73 Å². The summed E-state index contributed by atoms with van der Waals surface area (Å²) in [6, 6.07) is 8.09. The summed E-state index contributed by atoms with van der Waals surface area (Å²) in [4.78, 5) is 4.50. The minimum atomic E-state index is 0.259. The van der Waals surface area contributed by atoms with Crippen LogP contribution in [0.15, 0.2) is 30.6 Å². The predicted octanol–water partition coefficient (Wildman–Crippen LogP) is 2.48. The van der Waals surface area contributed by atoms with Crippen molar-refractivity contribution in [1.82, 2.24) is 9.55 Å². The minimum Gasteiger partial charge on any atom is -0.332 e. The van der Waals surface area contributed by atoms with E-state index < -0.39 is 0 Å². The molecule has 1 unspecified atom stereocenters. The van der Waals surface area contributed by atoms with E-state index >= 15 is 0 Å². The lowest BCUT2D eigenvalue weighted by Crippen LogP contribution is -2.31. The second kappa shape index (κ2) is 4.17. The Balaban J connectivity index is 2.02. The van der Waals surface area contributed by atoms with Gasteiger partial charge < -0.3 is 10.3 Å². The molecule has 1 aromatic carbocycles. The average molecular weight is 248 g/mol. The highest BCUT2D eigenvalue weighted by molar-refractivity contribution is 6.30. The Morgan fingerprint density at radius 1 is 1.29 bits per heavy atom. The highest BCUT2D eigenvalue weighted by Gasteiger charge is 2.19. The summed E-state index contributed by atoms with van der Waals surface area (Å²) in [7, 11) is 0. The molecule has 2 N–H and O–H groups in total. The molecule has 0 aliphatic carbocycles. The molecular formula is C13H14ClN3. The lowest BCUT2D eigenvalue weighted by Gasteiger charge is -2.21. The first-order valence-electron chi connectivity index (χ1n) is 5.79. The fraction of sp³-hybridized carbons (Fsp3) is 0.308. The van der Waals surface area contributed by atoms with Gasteiger partial charge in [0.05, 0.1) is 12.0 Å². The van der Waals surface area contributed by atoms with Gasteiger partial charge in [-0.1, -0.05) is 23.7 Å². The molecule has 0 radical (unpaired) electrons. The van der Waals surface area contributed by atoms with Crippen molar-refractivity contribution in [1.29, 1.82) is 0 Å². The molecule has 2 heterocycles. The third kappa shape index (κ3) is 1.96. The number of imidazole rings is 1. The summed E-state index contributed by atoms with van der Waals surface area (Å²) in [5.41, 5.74) is 9.42. The van der Waals surface area contributed by atoms with E-state index in [1.54, 1.807) is 0 Å². The summed E-state index contributed by atoms with van der Waals surface area (Å²) in [5.74, 6) is 0. The molecule has 88 valence electrons. The van der Waals surface area contributed by atoms with E-state index in [0.29, 0.717) is 0 Å². The summed E-state index contributed by atoms with van der Waals surface area (Å²) in [6.07, 6.45) is 3.92. The van der Waals surface area contributed by atoms with Crippen molar-refractivity contribution >= 4 is 11.6 Å². The number of benzene rings is 1. The highest BCUT2D eigenvalue weighted by atomic mass is 35.5. The second-order valence-electron chi connectivity index (χ2n) is 4.50. The van der Waals surface area contributed by atoms with E-state index in [9.17, 15) is 0 Å². The Labute approximate surface area is 105 Å². The Bertz CT molecular complexity index is 530. The van der Waals surface area contributed by atoms with Gasteiger partial charge >= 0.3 is 0 Å². The van der Waals surface area contributed by atoms with E-state index in [-0.39, 0.29) is 6.04 Å². The van der Waals surface area contributed by atoms with Gasteiger partial charge in [-0.3, -0.25) is 0 Å². The van der Waals surface area contributed by atoms with Gasteiger partial charge in [0, 0.05) is 28.9 Å². The van der Waals surface area contributed by atoms with Crippen LogP contribution in [0.5, 0.6) is 0 Å². The zero-order valence-electron chi connectivity index (χ0n) is 9.44. The van der Waals surface area contributed by atoms with Crippen LogP contribution in [-0.2, 0) is 13.0 Å². The number of halogens is 1. The van der Waals surface area contributed by atoms with Gasteiger partial charge in [0.2, 0.25) is 0 Å². The minimum absolute atomic E-state index is 0.259. The van der Waals surface area contributed by atoms with E-state index in [0.717, 1.165) is 35.7 Å². The Morgan fingerprint density at radius 2 is 2.06 bits per heavy atom. The van der Waals surface area contributed by atoms with Crippen LogP contribution < -0.4 is 5.73 Å². The number of aromatic nitrogens is 2. The number of hydrogen-bond donors (Lipinski definition) is 1. The van der Waals surface area contributed by atoms with Crippen LogP contribution in [-0.4, -0.2) is 15.6 Å². The Kier molecular flexibility index (Phi) is 2.65. The second-order valence-corrected chi connectivity index (χ2v) is 4.93. The van der Waals surface area contributed by atoms with Crippen LogP contribution in [0.25, 0.3) is 11.3 Å². The monoisotopic (exact) mass is 247 g/mol. The summed E-state index contributed by atoms with van der Waals surface area (Å²) < 4.78 is 2.16. The number of nitrogens with zero attached hydrogens (tertiary/aromatic N) is 2. The van der Waals surface area contributed by atoms with Crippen molar-refractivity contribution in [3.8, 4) is 11.3 Å². The van der Waals surface area contributed by atoms with Crippen LogP contribution in [0, 0.1) is 0 Å². The first-order valence-corrected chi connectivity index (χ1v) is 6.17. The van der Waals surface area contributed by atoms with Crippen LogP contribution in [0.3, 0.4) is 0 Å². The number of hydrogen-bond acceptors (Lipinski definition) is 2. The lowest BCUT2D eigenvalue weighted by molar-refractivity contribution is 0.461. The summed E-state index contributed by atoms with van der Waals surface area (Å²) in [6.45, 7) is 0.871. The molecule has 1 atom stereocenters. The van der Waals surface area contributed by atoms with E-state index in [1.807, 2.05) is 30.6 Å². The first kappa shape index (κ1) is 10.8. The van der Waals surface area contributed by atoms with Crippen molar-refractivity contribution in [2.75, 3.05) is 0 Å². The number of nitrogens with two attached hydrogens (primary N) is 1. The maximum Gasteiger partial charge on any atom is 0.0956 e. The van der Waals surface area contributed by atoms with Crippen LogP contribution in [0.1, 0.15) is 12.1 Å². The number of fused-ring (bicyclic) bond motifs is 1. The molecule has 0 fully saturated rings. The molecule has 3 nitrogen and oxygen atoms in total. The fourth-order valence-corrected chi connectivity index (χ4v) is 2.47. The van der Waals surface area contributed by atoms with Crippen LogP contribution >= 0.6 is 11.6 Å². The molecular weight excluding hydrogens is 234 g/mol. The van der Waals surface area contributed by atoms with Gasteiger partial charge in [-0.25, -0.2) is 4.98 Å². The first-order chi connectivity index (χ1) is 8.24. The van der Waals surface area contributed by atoms with Gasteiger partial charge in [-0.05, 0) is 25.0 Å². The van der Waals surface area contributed by atoms with E-state index in [2.05, 4.69) is 9.55 Å². The average Bonchev–Trinajstić information content (AvgIpc) is 2.73. The SMILES string of the molecule is NC1CCc2c(-c3ccc(Cl)cc3)ncn2C1. The third-order valence-corrected chi connectivity index (χ3v) is 3.50. The smallest absolute Gasteiger partial charge is 0.0956 e. The molecule has 0 saturated heterocycles. The standard InChI is InChI=1S/C13H14ClN3/c14-10-3-1-9(2-4-10)13-12-6-5-11(15)7-17(12)8-16-13/h1-4,8,11H,5-7,15H2. The predicted molar refractivity (Wildman–Crippen MR) is 69.0 cm³/mol.